The zero-order chi connectivity index (χ0) is 17.4. The molecule has 0 aliphatic heterocycles. The Morgan fingerprint density at radius 2 is 2.00 bits per heavy atom. The van der Waals surface area contributed by atoms with Crippen LogP contribution in [0.5, 0.6) is 5.75 Å². The zero-order valence-electron chi connectivity index (χ0n) is 13.2. The van der Waals surface area contributed by atoms with E-state index in [4.69, 9.17) is 9.15 Å². The van der Waals surface area contributed by atoms with Gasteiger partial charge in [-0.15, -0.1) is 0 Å². The summed E-state index contributed by atoms with van der Waals surface area (Å²) in [7, 11) is 1.60. The van der Waals surface area contributed by atoms with Crippen LogP contribution in [0.3, 0.4) is 0 Å². The molecule has 0 saturated heterocycles. The highest BCUT2D eigenvalue weighted by Gasteiger charge is 2.14. The van der Waals surface area contributed by atoms with Crippen molar-refractivity contribution in [2.75, 3.05) is 12.4 Å². The maximum Gasteiger partial charge on any atom is 0.291 e. The number of carbonyl (C=O) groups is 1. The monoisotopic (exact) mass is 336 g/mol. The Bertz CT molecular complexity index is 1100. The second-order valence-electron chi connectivity index (χ2n) is 5.52. The summed E-state index contributed by atoms with van der Waals surface area (Å²) in [5.74, 6) is -0.0650. The molecule has 1 N–H and O–H groups in total. The van der Waals surface area contributed by atoms with Gasteiger partial charge >= 0.3 is 0 Å². The highest BCUT2D eigenvalue weighted by Crippen LogP contribution is 2.26. The minimum atomic E-state index is -0.467. The van der Waals surface area contributed by atoms with Crippen molar-refractivity contribution in [3.05, 3.63) is 66.2 Å². The van der Waals surface area contributed by atoms with Gasteiger partial charge in [0.25, 0.3) is 5.91 Å². The number of nitrogens with zero attached hydrogens (tertiary/aromatic N) is 1. The molecular weight excluding hydrogens is 323 g/mol. The number of ether oxygens (including phenoxy) is 1. The molecule has 0 bridgehead atoms. The topological polar surface area (TPSA) is 64.4 Å². The lowest BCUT2D eigenvalue weighted by atomic mass is 10.2. The first-order chi connectivity index (χ1) is 12.1. The van der Waals surface area contributed by atoms with Gasteiger partial charge in [-0.1, -0.05) is 6.07 Å². The normalized spacial score (nSPS) is 11.0. The maximum absolute atomic E-state index is 13.2. The van der Waals surface area contributed by atoms with Crippen LogP contribution in [0.25, 0.3) is 22.0 Å². The second-order valence-corrected chi connectivity index (χ2v) is 5.52. The van der Waals surface area contributed by atoms with Crippen molar-refractivity contribution in [3.8, 4) is 5.75 Å². The smallest absolute Gasteiger partial charge is 0.291 e. The lowest BCUT2D eigenvalue weighted by Crippen LogP contribution is -2.10. The molecule has 0 atom stereocenters. The number of halogens is 1. The van der Waals surface area contributed by atoms with E-state index in [0.29, 0.717) is 16.8 Å². The molecule has 0 spiro atoms. The van der Waals surface area contributed by atoms with Crippen molar-refractivity contribution in [1.29, 1.82) is 0 Å². The number of carbonyl (C=O) groups excluding carboxylic acids is 1. The molecule has 0 saturated carbocycles. The number of furan rings is 1. The predicted octanol–water partition coefficient (Wildman–Crippen LogP) is 4.38. The standard InChI is InChI=1S/C19H13FN2O3/c1-24-15-5-6-16-11(8-15)7-12-9-17(25-19(12)22-16)18(23)21-14-4-2-3-13(20)10-14/h2-10H,1H3,(H,21,23). The summed E-state index contributed by atoms with van der Waals surface area (Å²) in [6.07, 6.45) is 0. The lowest BCUT2D eigenvalue weighted by molar-refractivity contribution is 0.0998. The number of amides is 1. The van der Waals surface area contributed by atoms with Crippen molar-refractivity contribution < 1.29 is 18.3 Å². The van der Waals surface area contributed by atoms with Gasteiger partial charge in [0.15, 0.2) is 5.76 Å². The third-order valence-corrected chi connectivity index (χ3v) is 3.81. The first-order valence-corrected chi connectivity index (χ1v) is 7.58. The molecule has 0 aliphatic rings. The molecule has 4 aromatic rings. The molecule has 0 unspecified atom stereocenters. The molecule has 25 heavy (non-hydrogen) atoms. The average Bonchev–Trinajstić information content (AvgIpc) is 3.02. The largest absolute Gasteiger partial charge is 0.497 e. The zero-order valence-corrected chi connectivity index (χ0v) is 13.2. The van der Waals surface area contributed by atoms with E-state index in [1.165, 1.54) is 18.2 Å². The van der Waals surface area contributed by atoms with Crippen LogP contribution in [0.4, 0.5) is 10.1 Å². The Balaban J connectivity index is 1.70. The third-order valence-electron chi connectivity index (χ3n) is 3.81. The molecule has 2 heterocycles. The fourth-order valence-electron chi connectivity index (χ4n) is 2.61. The number of hydrogen-bond acceptors (Lipinski definition) is 4. The second kappa shape index (κ2) is 5.90. The van der Waals surface area contributed by atoms with Crippen LogP contribution < -0.4 is 10.1 Å². The minimum Gasteiger partial charge on any atom is -0.497 e. The van der Waals surface area contributed by atoms with Crippen LogP contribution >= 0.6 is 0 Å². The first-order valence-electron chi connectivity index (χ1n) is 7.58. The number of nitrogens with one attached hydrogen (secondary N) is 1. The molecule has 1 amide bonds. The Hall–Kier alpha value is -3.41. The number of rotatable bonds is 3. The Kier molecular flexibility index (Phi) is 3.57. The van der Waals surface area contributed by atoms with Crippen molar-refractivity contribution >= 4 is 33.6 Å². The summed E-state index contributed by atoms with van der Waals surface area (Å²) < 4.78 is 24.0. The Morgan fingerprint density at radius 1 is 1.12 bits per heavy atom. The van der Waals surface area contributed by atoms with E-state index in [1.54, 1.807) is 19.2 Å². The van der Waals surface area contributed by atoms with Crippen molar-refractivity contribution in [1.82, 2.24) is 4.98 Å². The van der Waals surface area contributed by atoms with Crippen molar-refractivity contribution in [3.63, 3.8) is 0 Å². The molecule has 6 heteroatoms. The molecule has 0 fully saturated rings. The summed E-state index contributed by atoms with van der Waals surface area (Å²) in [5, 5.41) is 4.18. The van der Waals surface area contributed by atoms with E-state index in [2.05, 4.69) is 10.3 Å². The number of methoxy groups -OCH3 is 1. The van der Waals surface area contributed by atoms with Crippen LogP contribution in [0.1, 0.15) is 10.6 Å². The van der Waals surface area contributed by atoms with Gasteiger partial charge in [0.2, 0.25) is 5.71 Å². The Labute approximate surface area is 142 Å². The van der Waals surface area contributed by atoms with E-state index in [1.807, 2.05) is 24.3 Å². The first kappa shape index (κ1) is 15.1. The highest BCUT2D eigenvalue weighted by molar-refractivity contribution is 6.05. The molecule has 2 aromatic heterocycles. The third kappa shape index (κ3) is 2.89. The number of anilines is 1. The number of hydrogen-bond donors (Lipinski definition) is 1. The number of aromatic nitrogens is 1. The van der Waals surface area contributed by atoms with E-state index in [9.17, 15) is 9.18 Å². The van der Waals surface area contributed by atoms with Crippen LogP contribution in [0, 0.1) is 5.82 Å². The van der Waals surface area contributed by atoms with Gasteiger partial charge in [-0.05, 0) is 48.5 Å². The lowest BCUT2D eigenvalue weighted by Gasteiger charge is -2.02. The van der Waals surface area contributed by atoms with Gasteiger partial charge in [-0.2, -0.15) is 0 Å². The molecule has 0 radical (unpaired) electrons. The quantitative estimate of drug-likeness (QED) is 0.603. The van der Waals surface area contributed by atoms with E-state index in [0.717, 1.165) is 16.7 Å². The molecule has 4 rings (SSSR count). The molecule has 124 valence electrons. The van der Waals surface area contributed by atoms with Crippen LogP contribution in [0.2, 0.25) is 0 Å². The van der Waals surface area contributed by atoms with Crippen molar-refractivity contribution in [2.45, 2.75) is 0 Å². The summed E-state index contributed by atoms with van der Waals surface area (Å²) >= 11 is 0. The van der Waals surface area contributed by atoms with Gasteiger partial charge in [0.05, 0.1) is 12.6 Å². The van der Waals surface area contributed by atoms with Gasteiger partial charge in [-0.25, -0.2) is 9.37 Å². The van der Waals surface area contributed by atoms with Gasteiger partial charge in [0, 0.05) is 16.5 Å². The predicted molar refractivity (Wildman–Crippen MR) is 92.4 cm³/mol. The molecule has 0 aliphatic carbocycles. The fourth-order valence-corrected chi connectivity index (χ4v) is 2.61. The average molecular weight is 336 g/mol. The molecular formula is C19H13FN2O3. The SMILES string of the molecule is COc1ccc2nc3oc(C(=O)Nc4cccc(F)c4)cc3cc2c1. The van der Waals surface area contributed by atoms with Crippen LogP contribution in [-0.4, -0.2) is 18.0 Å². The highest BCUT2D eigenvalue weighted by atomic mass is 19.1. The van der Waals surface area contributed by atoms with Crippen LogP contribution in [0.15, 0.2) is 59.0 Å². The van der Waals surface area contributed by atoms with Gasteiger partial charge in [-0.3, -0.25) is 4.79 Å². The fraction of sp³-hybridized carbons (Fsp3) is 0.0526. The van der Waals surface area contributed by atoms with E-state index >= 15 is 0 Å². The summed E-state index contributed by atoms with van der Waals surface area (Å²) in [6, 6.07) is 14.6. The summed E-state index contributed by atoms with van der Waals surface area (Å²) in [4.78, 5) is 16.7. The summed E-state index contributed by atoms with van der Waals surface area (Å²) in [6.45, 7) is 0. The van der Waals surface area contributed by atoms with E-state index < -0.39 is 11.7 Å². The van der Waals surface area contributed by atoms with Crippen LogP contribution in [-0.2, 0) is 0 Å². The van der Waals surface area contributed by atoms with Gasteiger partial charge in [0.1, 0.15) is 11.6 Å². The summed E-state index contributed by atoms with van der Waals surface area (Å²) in [5.41, 5.74) is 1.45. The number of pyridine rings is 1. The van der Waals surface area contributed by atoms with Gasteiger partial charge < -0.3 is 14.5 Å². The molecule has 5 nitrogen and oxygen atoms in total. The molecule has 2 aromatic carbocycles. The minimum absolute atomic E-state index is 0.106. The maximum atomic E-state index is 13.2. The number of fused-ring (bicyclic) bond motifs is 2. The Morgan fingerprint density at radius 3 is 2.80 bits per heavy atom. The van der Waals surface area contributed by atoms with E-state index in [-0.39, 0.29) is 5.76 Å². The van der Waals surface area contributed by atoms with Crippen molar-refractivity contribution in [2.24, 2.45) is 0 Å². The number of benzene rings is 2.